The third-order valence-electron chi connectivity index (χ3n) is 1.35. The Morgan fingerprint density at radius 2 is 2.00 bits per heavy atom. The molecular formula is C9H14NY-. The Balaban J connectivity index is 0. The summed E-state index contributed by atoms with van der Waals surface area (Å²) in [5, 5.41) is 0. The normalized spacial score (nSPS) is 8.27. The second kappa shape index (κ2) is 6.93. The van der Waals surface area contributed by atoms with Crippen LogP contribution in [0.4, 0.5) is 0 Å². The fourth-order valence-electron chi connectivity index (χ4n) is 0.717. The third kappa shape index (κ3) is 4.65. The summed E-state index contributed by atoms with van der Waals surface area (Å²) in [6.07, 6.45) is 3.70. The third-order valence-corrected chi connectivity index (χ3v) is 1.35. The molecule has 1 heterocycles. The van der Waals surface area contributed by atoms with Crippen LogP contribution in [0.1, 0.15) is 25.3 Å². The molecule has 59 valence electrons. The van der Waals surface area contributed by atoms with Crippen LogP contribution in [0, 0.1) is 7.43 Å². The predicted molar refractivity (Wildman–Crippen MR) is 44.7 cm³/mol. The van der Waals surface area contributed by atoms with E-state index in [1.54, 1.807) is 6.20 Å². The topological polar surface area (TPSA) is 12.9 Å². The summed E-state index contributed by atoms with van der Waals surface area (Å²) in [5.41, 5.74) is 1.30. The molecule has 0 aliphatic carbocycles. The van der Waals surface area contributed by atoms with Gasteiger partial charge in [-0.1, -0.05) is 19.9 Å². The van der Waals surface area contributed by atoms with E-state index in [0.29, 0.717) is 5.92 Å². The van der Waals surface area contributed by atoms with Gasteiger partial charge in [-0.25, -0.2) is 0 Å². The van der Waals surface area contributed by atoms with Crippen molar-refractivity contribution in [3.8, 4) is 0 Å². The molecule has 0 unspecified atom stereocenters. The summed E-state index contributed by atoms with van der Waals surface area (Å²) in [6, 6.07) is 4.06. The Morgan fingerprint density at radius 3 is 2.27 bits per heavy atom. The number of hydrogen-bond donors (Lipinski definition) is 0. The van der Waals surface area contributed by atoms with Crippen molar-refractivity contribution in [3.05, 3.63) is 37.5 Å². The van der Waals surface area contributed by atoms with E-state index in [1.807, 2.05) is 12.3 Å². The molecule has 1 nitrogen and oxygen atoms in total. The average Bonchev–Trinajstić information content (AvgIpc) is 1.90. The first kappa shape index (κ1) is 13.8. The molecule has 0 aromatic carbocycles. The van der Waals surface area contributed by atoms with Crippen LogP contribution in [0.25, 0.3) is 0 Å². The van der Waals surface area contributed by atoms with Crippen molar-refractivity contribution in [2.45, 2.75) is 19.8 Å². The van der Waals surface area contributed by atoms with E-state index in [4.69, 9.17) is 0 Å². The zero-order valence-electron chi connectivity index (χ0n) is 7.41. The van der Waals surface area contributed by atoms with Crippen LogP contribution in [0.5, 0.6) is 0 Å². The fraction of sp³-hybridized carbons (Fsp3) is 0.333. The summed E-state index contributed by atoms with van der Waals surface area (Å²) in [7, 11) is 0. The monoisotopic (exact) mass is 225 g/mol. The first-order valence-corrected chi connectivity index (χ1v) is 3.20. The predicted octanol–water partition coefficient (Wildman–Crippen LogP) is 2.65. The molecule has 0 spiro atoms. The van der Waals surface area contributed by atoms with E-state index >= 15 is 0 Å². The number of rotatable bonds is 1. The van der Waals surface area contributed by atoms with Crippen molar-refractivity contribution >= 4 is 0 Å². The molecule has 0 fully saturated rings. The SMILES string of the molecule is CC(C)c1cccnc1.[CH3-].[Y]. The average molecular weight is 225 g/mol. The molecule has 1 aromatic rings. The molecule has 0 saturated carbocycles. The Bertz CT molecular complexity index is 172. The zero-order chi connectivity index (χ0) is 6.69. The summed E-state index contributed by atoms with van der Waals surface area (Å²) >= 11 is 0. The summed E-state index contributed by atoms with van der Waals surface area (Å²) in [4.78, 5) is 4.01. The number of nitrogens with zero attached hydrogens (tertiary/aromatic N) is 1. The Kier molecular flexibility index (Phi) is 8.71. The molecule has 0 bridgehead atoms. The number of aromatic nitrogens is 1. The van der Waals surface area contributed by atoms with Gasteiger partial charge in [0.25, 0.3) is 0 Å². The standard InChI is InChI=1S/C8H11N.CH3.Y/c1-7(2)8-4-3-5-9-6-8;;/h3-7H,1-2H3;1H3;/q;-1;. The molecule has 1 aromatic heterocycles. The minimum atomic E-state index is 0. The molecule has 0 atom stereocenters. The molecule has 1 radical (unpaired) electrons. The maximum Gasteiger partial charge on any atom is 0.0302 e. The van der Waals surface area contributed by atoms with E-state index in [-0.39, 0.29) is 40.1 Å². The summed E-state index contributed by atoms with van der Waals surface area (Å²) in [5.74, 6) is 0.596. The largest absolute Gasteiger partial charge is 0.358 e. The Morgan fingerprint density at radius 1 is 1.36 bits per heavy atom. The maximum atomic E-state index is 4.01. The van der Waals surface area contributed by atoms with E-state index < -0.39 is 0 Å². The van der Waals surface area contributed by atoms with Crippen LogP contribution in [0.15, 0.2) is 24.5 Å². The Labute approximate surface area is 94.5 Å². The van der Waals surface area contributed by atoms with Gasteiger partial charge in [0.15, 0.2) is 0 Å². The number of hydrogen-bond acceptors (Lipinski definition) is 1. The van der Waals surface area contributed by atoms with E-state index in [1.165, 1.54) is 5.56 Å². The van der Waals surface area contributed by atoms with Gasteiger partial charge < -0.3 is 7.43 Å². The molecule has 0 aliphatic rings. The molecular weight excluding hydrogens is 211 g/mol. The van der Waals surface area contributed by atoms with Gasteiger partial charge in [-0.2, -0.15) is 0 Å². The molecule has 0 aliphatic heterocycles. The smallest absolute Gasteiger partial charge is 0.0302 e. The molecule has 2 heteroatoms. The van der Waals surface area contributed by atoms with Gasteiger partial charge in [-0.3, -0.25) is 4.98 Å². The van der Waals surface area contributed by atoms with Crippen LogP contribution < -0.4 is 0 Å². The second-order valence-corrected chi connectivity index (χ2v) is 2.44. The van der Waals surface area contributed by atoms with Gasteiger partial charge in [0.2, 0.25) is 0 Å². The van der Waals surface area contributed by atoms with Crippen molar-refractivity contribution < 1.29 is 32.7 Å². The quantitative estimate of drug-likeness (QED) is 0.669. The van der Waals surface area contributed by atoms with Crippen LogP contribution in [0.3, 0.4) is 0 Å². The van der Waals surface area contributed by atoms with Gasteiger partial charge in [-0.15, -0.1) is 0 Å². The molecule has 1 rings (SSSR count). The van der Waals surface area contributed by atoms with Crippen LogP contribution in [0.2, 0.25) is 0 Å². The first-order chi connectivity index (χ1) is 4.30. The second-order valence-electron chi connectivity index (χ2n) is 2.44. The molecule has 0 amide bonds. The van der Waals surface area contributed by atoms with Crippen molar-refractivity contribution in [3.63, 3.8) is 0 Å². The van der Waals surface area contributed by atoms with Crippen molar-refractivity contribution in [1.82, 2.24) is 4.98 Å². The zero-order valence-corrected chi connectivity index (χ0v) is 10.2. The van der Waals surface area contributed by atoms with E-state index in [2.05, 4.69) is 24.9 Å². The Hall–Kier alpha value is 0.254. The van der Waals surface area contributed by atoms with Gasteiger partial charge in [-0.05, 0) is 17.5 Å². The van der Waals surface area contributed by atoms with Crippen LogP contribution in [-0.4, -0.2) is 4.98 Å². The van der Waals surface area contributed by atoms with Crippen molar-refractivity contribution in [2.75, 3.05) is 0 Å². The first-order valence-electron chi connectivity index (χ1n) is 3.20. The molecule has 0 saturated heterocycles. The minimum Gasteiger partial charge on any atom is -0.358 e. The maximum absolute atomic E-state index is 4.01. The summed E-state index contributed by atoms with van der Waals surface area (Å²) in [6.45, 7) is 4.33. The van der Waals surface area contributed by atoms with Crippen LogP contribution in [-0.2, 0) is 32.7 Å². The van der Waals surface area contributed by atoms with Crippen LogP contribution >= 0.6 is 0 Å². The van der Waals surface area contributed by atoms with Gasteiger partial charge >= 0.3 is 0 Å². The van der Waals surface area contributed by atoms with Gasteiger partial charge in [0, 0.05) is 45.1 Å². The van der Waals surface area contributed by atoms with E-state index in [0.717, 1.165) is 0 Å². The number of pyridine rings is 1. The minimum absolute atomic E-state index is 0. The van der Waals surface area contributed by atoms with Crippen molar-refractivity contribution in [2.24, 2.45) is 0 Å². The molecule has 0 N–H and O–H groups in total. The van der Waals surface area contributed by atoms with Gasteiger partial charge in [0.05, 0.1) is 0 Å². The van der Waals surface area contributed by atoms with Gasteiger partial charge in [0.1, 0.15) is 0 Å². The van der Waals surface area contributed by atoms with Crippen molar-refractivity contribution in [1.29, 1.82) is 0 Å². The fourth-order valence-corrected chi connectivity index (χ4v) is 0.717. The summed E-state index contributed by atoms with van der Waals surface area (Å²) < 4.78 is 0. The van der Waals surface area contributed by atoms with E-state index in [9.17, 15) is 0 Å². The molecule has 11 heavy (non-hydrogen) atoms.